The highest BCUT2D eigenvalue weighted by molar-refractivity contribution is 5.96. The number of carboxylic acids is 1. The highest BCUT2D eigenvalue weighted by atomic mass is 19.1. The van der Waals surface area contributed by atoms with Crippen LogP contribution in [0.25, 0.3) is 10.9 Å². The van der Waals surface area contributed by atoms with Crippen molar-refractivity contribution in [3.05, 3.63) is 39.4 Å². The molecule has 6 nitrogen and oxygen atoms in total. The van der Waals surface area contributed by atoms with Crippen LogP contribution < -0.4 is 10.3 Å². The van der Waals surface area contributed by atoms with Crippen LogP contribution in [0.4, 0.5) is 10.1 Å². The van der Waals surface area contributed by atoms with Crippen LogP contribution in [0.3, 0.4) is 0 Å². The quantitative estimate of drug-likeness (QED) is 0.871. The van der Waals surface area contributed by atoms with Crippen LogP contribution in [0.15, 0.2) is 17.1 Å². The SMILES string of the molecule is CC1Cc2c(N3CC[C@@H](O)C3)c(F)cc3c(=O)c(C(=O)O)cn1c23. The van der Waals surface area contributed by atoms with E-state index >= 15 is 0 Å². The van der Waals surface area contributed by atoms with Gasteiger partial charge in [-0.25, -0.2) is 9.18 Å². The van der Waals surface area contributed by atoms with E-state index in [1.807, 2.05) is 11.8 Å². The van der Waals surface area contributed by atoms with Crippen molar-refractivity contribution in [2.75, 3.05) is 18.0 Å². The molecule has 0 spiro atoms. The molecule has 2 atom stereocenters. The second kappa shape index (κ2) is 5.04. The van der Waals surface area contributed by atoms with Gasteiger partial charge in [-0.2, -0.15) is 0 Å². The molecule has 1 aromatic heterocycles. The number of nitrogens with zero attached hydrogens (tertiary/aromatic N) is 2. The van der Waals surface area contributed by atoms with Gasteiger partial charge >= 0.3 is 5.97 Å². The molecule has 0 amide bonds. The van der Waals surface area contributed by atoms with Crippen LogP contribution in [0.2, 0.25) is 0 Å². The monoisotopic (exact) mass is 332 g/mol. The number of anilines is 1. The second-order valence-corrected chi connectivity index (χ2v) is 6.61. The summed E-state index contributed by atoms with van der Waals surface area (Å²) in [5.74, 6) is -1.84. The lowest BCUT2D eigenvalue weighted by Gasteiger charge is -2.22. The number of benzene rings is 1. The number of carbonyl (C=O) groups is 1. The third-order valence-electron chi connectivity index (χ3n) is 5.02. The molecule has 1 aromatic carbocycles. The summed E-state index contributed by atoms with van der Waals surface area (Å²) in [6, 6.07) is 1.08. The summed E-state index contributed by atoms with van der Waals surface area (Å²) in [5, 5.41) is 19.1. The number of aromatic nitrogens is 1. The van der Waals surface area contributed by atoms with E-state index < -0.39 is 23.3 Å². The minimum atomic E-state index is -1.31. The third-order valence-corrected chi connectivity index (χ3v) is 5.02. The highest BCUT2D eigenvalue weighted by Gasteiger charge is 2.32. The predicted molar refractivity (Wildman–Crippen MR) is 86.4 cm³/mol. The Kier molecular flexibility index (Phi) is 3.18. The molecule has 4 rings (SSSR count). The van der Waals surface area contributed by atoms with Gasteiger partial charge in [-0.1, -0.05) is 0 Å². The number of rotatable bonds is 2. The lowest BCUT2D eigenvalue weighted by atomic mass is 10.0. The van der Waals surface area contributed by atoms with Gasteiger partial charge in [0.1, 0.15) is 11.4 Å². The number of halogens is 1. The van der Waals surface area contributed by atoms with Crippen molar-refractivity contribution in [1.82, 2.24) is 4.57 Å². The highest BCUT2D eigenvalue weighted by Crippen LogP contribution is 2.40. The summed E-state index contributed by atoms with van der Waals surface area (Å²) in [5.41, 5.74) is 0.762. The molecule has 0 saturated carbocycles. The zero-order valence-electron chi connectivity index (χ0n) is 13.1. The van der Waals surface area contributed by atoms with E-state index in [0.29, 0.717) is 37.1 Å². The number of hydrogen-bond donors (Lipinski definition) is 2. The Hall–Kier alpha value is -2.41. The van der Waals surface area contributed by atoms with E-state index in [9.17, 15) is 24.2 Å². The number of carboxylic acid groups (broad SMARTS) is 1. The van der Waals surface area contributed by atoms with Crippen molar-refractivity contribution >= 4 is 22.6 Å². The lowest BCUT2D eigenvalue weighted by Crippen LogP contribution is -2.24. The lowest BCUT2D eigenvalue weighted by molar-refractivity contribution is 0.0694. The number of pyridine rings is 1. The fourth-order valence-corrected chi connectivity index (χ4v) is 3.93. The maximum Gasteiger partial charge on any atom is 0.341 e. The molecule has 2 aliphatic rings. The molecule has 2 N–H and O–H groups in total. The van der Waals surface area contributed by atoms with Crippen molar-refractivity contribution in [2.24, 2.45) is 0 Å². The Morgan fingerprint density at radius 1 is 1.42 bits per heavy atom. The molecular formula is C17H17FN2O4. The van der Waals surface area contributed by atoms with Gasteiger partial charge < -0.3 is 19.7 Å². The van der Waals surface area contributed by atoms with Crippen LogP contribution in [0, 0.1) is 5.82 Å². The van der Waals surface area contributed by atoms with Crippen LogP contribution in [-0.4, -0.2) is 39.9 Å². The first kappa shape index (κ1) is 15.1. The predicted octanol–water partition coefficient (Wildman–Crippen LogP) is 1.53. The Bertz CT molecular complexity index is 937. The number of aliphatic hydroxyl groups excluding tert-OH is 1. The fraction of sp³-hybridized carbons (Fsp3) is 0.412. The summed E-state index contributed by atoms with van der Waals surface area (Å²) >= 11 is 0. The van der Waals surface area contributed by atoms with Crippen molar-refractivity contribution in [3.8, 4) is 0 Å². The topological polar surface area (TPSA) is 82.8 Å². The average Bonchev–Trinajstić information content (AvgIpc) is 3.06. The fourth-order valence-electron chi connectivity index (χ4n) is 3.93. The zero-order chi connectivity index (χ0) is 17.2. The number of aliphatic hydroxyl groups is 1. The maximum atomic E-state index is 14.8. The number of β-amino-alcohol motifs (C(OH)–C–C–N with tert-alkyl or cyclic N) is 1. The minimum Gasteiger partial charge on any atom is -0.477 e. The first-order chi connectivity index (χ1) is 11.4. The molecule has 1 unspecified atom stereocenters. The van der Waals surface area contributed by atoms with E-state index in [1.165, 1.54) is 6.20 Å². The molecule has 0 radical (unpaired) electrons. The molecule has 1 saturated heterocycles. The normalized spacial score (nSPS) is 22.5. The first-order valence-electron chi connectivity index (χ1n) is 7.95. The Balaban J connectivity index is 2.04. The zero-order valence-corrected chi connectivity index (χ0v) is 13.1. The first-order valence-corrected chi connectivity index (χ1v) is 7.95. The second-order valence-electron chi connectivity index (χ2n) is 6.61. The molecule has 2 aliphatic heterocycles. The van der Waals surface area contributed by atoms with E-state index in [1.54, 1.807) is 4.57 Å². The van der Waals surface area contributed by atoms with Gasteiger partial charge in [0, 0.05) is 36.3 Å². The van der Waals surface area contributed by atoms with E-state index in [4.69, 9.17) is 0 Å². The van der Waals surface area contributed by atoms with E-state index in [0.717, 1.165) is 11.6 Å². The summed E-state index contributed by atoms with van der Waals surface area (Å²) in [7, 11) is 0. The molecule has 0 bridgehead atoms. The summed E-state index contributed by atoms with van der Waals surface area (Å²) < 4.78 is 16.5. The standard InChI is InChI=1S/C17H17FN2O4/c1-8-4-10-14-11(16(22)12(17(23)24)7-20(8)14)5-13(18)15(10)19-3-2-9(21)6-19/h5,7-9,21H,2-4,6H2,1H3,(H,23,24)/t8?,9-/m1/s1. The van der Waals surface area contributed by atoms with Gasteiger partial charge in [-0.15, -0.1) is 0 Å². The Morgan fingerprint density at radius 2 is 2.17 bits per heavy atom. The molecule has 0 aliphatic carbocycles. The van der Waals surface area contributed by atoms with Crippen LogP contribution in [0.1, 0.15) is 35.3 Å². The van der Waals surface area contributed by atoms with Crippen LogP contribution in [-0.2, 0) is 6.42 Å². The smallest absolute Gasteiger partial charge is 0.341 e. The van der Waals surface area contributed by atoms with Crippen molar-refractivity contribution in [2.45, 2.75) is 31.9 Å². The van der Waals surface area contributed by atoms with Crippen LogP contribution in [0.5, 0.6) is 0 Å². The molecule has 24 heavy (non-hydrogen) atoms. The van der Waals surface area contributed by atoms with Crippen molar-refractivity contribution in [1.29, 1.82) is 0 Å². The third kappa shape index (κ3) is 1.97. The molecule has 2 aromatic rings. The summed E-state index contributed by atoms with van der Waals surface area (Å²) in [6.07, 6.45) is 1.98. The van der Waals surface area contributed by atoms with E-state index in [-0.39, 0.29) is 17.0 Å². The summed E-state index contributed by atoms with van der Waals surface area (Å²) in [6.45, 7) is 2.83. The van der Waals surface area contributed by atoms with Crippen molar-refractivity contribution in [3.63, 3.8) is 0 Å². The van der Waals surface area contributed by atoms with Gasteiger partial charge in [-0.05, 0) is 25.8 Å². The molecule has 1 fully saturated rings. The molecule has 126 valence electrons. The summed E-state index contributed by atoms with van der Waals surface area (Å²) in [4.78, 5) is 25.6. The minimum absolute atomic E-state index is 0.0609. The Labute approximate surface area is 136 Å². The van der Waals surface area contributed by atoms with Gasteiger partial charge in [0.15, 0.2) is 0 Å². The molecular weight excluding hydrogens is 315 g/mol. The van der Waals surface area contributed by atoms with Crippen LogP contribution >= 0.6 is 0 Å². The van der Waals surface area contributed by atoms with Gasteiger partial charge in [-0.3, -0.25) is 4.79 Å². The number of aromatic carboxylic acids is 1. The van der Waals surface area contributed by atoms with E-state index in [2.05, 4.69) is 0 Å². The molecule has 7 heteroatoms. The van der Waals surface area contributed by atoms with Crippen molar-refractivity contribution < 1.29 is 19.4 Å². The average molecular weight is 332 g/mol. The van der Waals surface area contributed by atoms with Gasteiger partial charge in [0.05, 0.1) is 17.3 Å². The Morgan fingerprint density at radius 3 is 2.79 bits per heavy atom. The van der Waals surface area contributed by atoms with Gasteiger partial charge in [0.2, 0.25) is 5.43 Å². The largest absolute Gasteiger partial charge is 0.477 e. The van der Waals surface area contributed by atoms with Gasteiger partial charge in [0.25, 0.3) is 0 Å². The molecule has 3 heterocycles. The maximum absolute atomic E-state index is 14.8. The number of hydrogen-bond acceptors (Lipinski definition) is 4.